The van der Waals surface area contributed by atoms with Crippen LogP contribution in [0.1, 0.15) is 27.7 Å². The van der Waals surface area contributed by atoms with Crippen LogP contribution in [0.25, 0.3) is 0 Å². The predicted molar refractivity (Wildman–Crippen MR) is 60.5 cm³/mol. The molecule has 0 fully saturated rings. The first-order valence-electron chi connectivity index (χ1n) is 4.94. The molecule has 0 rings (SSSR count). The lowest BCUT2D eigenvalue weighted by Crippen LogP contribution is -2.20. The van der Waals surface area contributed by atoms with E-state index in [4.69, 9.17) is 9.47 Å². The van der Waals surface area contributed by atoms with Gasteiger partial charge in [-0.1, -0.05) is 6.58 Å². The first-order valence-corrected chi connectivity index (χ1v) is 4.94. The molecule has 16 heavy (non-hydrogen) atoms. The minimum atomic E-state index is -0.543. The van der Waals surface area contributed by atoms with Crippen molar-refractivity contribution in [2.75, 3.05) is 6.61 Å². The van der Waals surface area contributed by atoms with Gasteiger partial charge in [-0.3, -0.25) is 4.79 Å². The van der Waals surface area contributed by atoms with Gasteiger partial charge in [-0.05, 0) is 33.8 Å². The molecular weight excluding hydrogens is 208 g/mol. The smallest absolute Gasteiger partial charge is 0.333 e. The van der Waals surface area contributed by atoms with Gasteiger partial charge in [-0.2, -0.15) is 0 Å². The van der Waals surface area contributed by atoms with E-state index in [0.29, 0.717) is 5.57 Å². The molecule has 0 aromatic heterocycles. The van der Waals surface area contributed by atoms with Gasteiger partial charge in [-0.25, -0.2) is 4.79 Å². The second kappa shape index (κ2) is 6.10. The van der Waals surface area contributed by atoms with Crippen molar-refractivity contribution in [2.24, 2.45) is 5.41 Å². The minimum Gasteiger partial charge on any atom is -0.458 e. The fraction of sp³-hybridized carbons (Fsp3) is 0.500. The lowest BCUT2D eigenvalue weighted by molar-refractivity contribution is -0.146. The van der Waals surface area contributed by atoms with Crippen LogP contribution in [0.15, 0.2) is 24.5 Å². The molecule has 0 radical (unpaired) electrons. The summed E-state index contributed by atoms with van der Waals surface area (Å²) in [6.07, 6.45) is 2.67. The summed E-state index contributed by atoms with van der Waals surface area (Å²) in [7, 11) is 0. The topological polar surface area (TPSA) is 52.6 Å². The zero-order valence-corrected chi connectivity index (χ0v) is 10.2. The van der Waals surface area contributed by atoms with Crippen molar-refractivity contribution in [3.8, 4) is 0 Å². The van der Waals surface area contributed by atoms with Crippen LogP contribution in [0.2, 0.25) is 0 Å². The highest BCUT2D eigenvalue weighted by molar-refractivity contribution is 5.86. The number of hydrogen-bond donors (Lipinski definition) is 0. The van der Waals surface area contributed by atoms with Crippen LogP contribution in [0.3, 0.4) is 0 Å². The first kappa shape index (κ1) is 14.4. The van der Waals surface area contributed by atoms with Crippen molar-refractivity contribution in [3.05, 3.63) is 24.5 Å². The van der Waals surface area contributed by atoms with Crippen LogP contribution in [0.5, 0.6) is 0 Å². The zero-order chi connectivity index (χ0) is 12.8. The summed E-state index contributed by atoms with van der Waals surface area (Å²) >= 11 is 0. The zero-order valence-electron chi connectivity index (χ0n) is 10.2. The monoisotopic (exact) mass is 226 g/mol. The summed E-state index contributed by atoms with van der Waals surface area (Å²) < 4.78 is 9.57. The van der Waals surface area contributed by atoms with E-state index in [0.717, 1.165) is 0 Å². The Hall–Kier alpha value is -1.58. The molecule has 0 aliphatic rings. The quantitative estimate of drug-likeness (QED) is 0.419. The number of esters is 2. The van der Waals surface area contributed by atoms with Crippen LogP contribution < -0.4 is 0 Å². The van der Waals surface area contributed by atoms with E-state index in [1.165, 1.54) is 12.3 Å². The Labute approximate surface area is 95.9 Å². The first-order chi connectivity index (χ1) is 7.25. The van der Waals surface area contributed by atoms with Gasteiger partial charge in [0.2, 0.25) is 0 Å². The molecule has 90 valence electrons. The summed E-state index contributed by atoms with van der Waals surface area (Å²) in [4.78, 5) is 22.2. The standard InChI is InChI=1S/C12H18O4/c1-9(2)10(13)15-7-6-8-16-11(14)12(3,4)5/h6,8H,1,7H2,2-5H3. The Morgan fingerprint density at radius 3 is 2.31 bits per heavy atom. The fourth-order valence-corrected chi connectivity index (χ4v) is 0.573. The number of rotatable bonds is 4. The Bertz CT molecular complexity index is 307. The molecule has 0 atom stereocenters. The van der Waals surface area contributed by atoms with E-state index in [1.807, 2.05) is 0 Å². The molecule has 0 unspecified atom stereocenters. The Morgan fingerprint density at radius 2 is 1.88 bits per heavy atom. The molecule has 0 aliphatic heterocycles. The molecule has 0 bridgehead atoms. The molecule has 0 N–H and O–H groups in total. The summed E-state index contributed by atoms with van der Waals surface area (Å²) in [6, 6.07) is 0. The Morgan fingerprint density at radius 1 is 1.31 bits per heavy atom. The highest BCUT2D eigenvalue weighted by atomic mass is 16.5. The number of carbonyl (C=O) groups is 2. The van der Waals surface area contributed by atoms with Crippen LogP contribution in [-0.4, -0.2) is 18.5 Å². The molecule has 0 spiro atoms. The molecular formula is C12H18O4. The van der Waals surface area contributed by atoms with E-state index in [9.17, 15) is 9.59 Å². The number of ether oxygens (including phenoxy) is 2. The third kappa shape index (κ3) is 6.01. The average Bonchev–Trinajstić information content (AvgIpc) is 2.14. The third-order valence-electron chi connectivity index (χ3n) is 1.54. The van der Waals surface area contributed by atoms with Crippen LogP contribution in [-0.2, 0) is 19.1 Å². The molecule has 0 aromatic carbocycles. The number of hydrogen-bond acceptors (Lipinski definition) is 4. The van der Waals surface area contributed by atoms with Crippen molar-refractivity contribution in [3.63, 3.8) is 0 Å². The van der Waals surface area contributed by atoms with Crippen molar-refractivity contribution >= 4 is 11.9 Å². The van der Waals surface area contributed by atoms with E-state index in [1.54, 1.807) is 27.7 Å². The molecule has 0 amide bonds. The van der Waals surface area contributed by atoms with Gasteiger partial charge >= 0.3 is 11.9 Å². The predicted octanol–water partition coefficient (Wildman–Crippen LogP) is 2.21. The molecule has 4 heteroatoms. The Balaban J connectivity index is 3.84. The van der Waals surface area contributed by atoms with E-state index in [2.05, 4.69) is 6.58 Å². The molecule has 0 saturated carbocycles. The summed E-state index contributed by atoms with van der Waals surface area (Å²) in [5, 5.41) is 0. The van der Waals surface area contributed by atoms with Gasteiger partial charge in [0.05, 0.1) is 11.7 Å². The molecule has 0 aromatic rings. The lowest BCUT2D eigenvalue weighted by atomic mass is 9.98. The van der Waals surface area contributed by atoms with Gasteiger partial charge in [-0.15, -0.1) is 0 Å². The fourth-order valence-electron chi connectivity index (χ4n) is 0.573. The molecule has 0 heterocycles. The maximum Gasteiger partial charge on any atom is 0.333 e. The molecule has 4 nitrogen and oxygen atoms in total. The van der Waals surface area contributed by atoms with Gasteiger partial charge in [0.1, 0.15) is 6.61 Å². The second-order valence-corrected chi connectivity index (χ2v) is 4.41. The SMILES string of the molecule is C=C(C)C(=O)OCC=COC(=O)C(C)(C)C. The maximum atomic E-state index is 11.3. The largest absolute Gasteiger partial charge is 0.458 e. The number of carbonyl (C=O) groups excluding carboxylic acids is 2. The second-order valence-electron chi connectivity index (χ2n) is 4.41. The molecule has 0 aliphatic carbocycles. The van der Waals surface area contributed by atoms with Crippen LogP contribution >= 0.6 is 0 Å². The van der Waals surface area contributed by atoms with Gasteiger partial charge in [0, 0.05) is 5.57 Å². The summed E-state index contributed by atoms with van der Waals surface area (Å²) in [5.74, 6) is -0.804. The van der Waals surface area contributed by atoms with Crippen LogP contribution in [0, 0.1) is 5.41 Å². The van der Waals surface area contributed by atoms with E-state index >= 15 is 0 Å². The summed E-state index contributed by atoms with van der Waals surface area (Å²) in [5.41, 5.74) is -0.210. The third-order valence-corrected chi connectivity index (χ3v) is 1.54. The summed E-state index contributed by atoms with van der Waals surface area (Å²) in [6.45, 7) is 10.3. The van der Waals surface area contributed by atoms with Crippen molar-refractivity contribution < 1.29 is 19.1 Å². The highest BCUT2D eigenvalue weighted by Gasteiger charge is 2.22. The van der Waals surface area contributed by atoms with E-state index in [-0.39, 0.29) is 12.6 Å². The average molecular weight is 226 g/mol. The van der Waals surface area contributed by atoms with E-state index < -0.39 is 11.4 Å². The van der Waals surface area contributed by atoms with Crippen molar-refractivity contribution in [1.82, 2.24) is 0 Å². The van der Waals surface area contributed by atoms with Crippen molar-refractivity contribution in [1.29, 1.82) is 0 Å². The lowest BCUT2D eigenvalue weighted by Gasteiger charge is -2.13. The normalized spacial score (nSPS) is 11.2. The van der Waals surface area contributed by atoms with Crippen molar-refractivity contribution in [2.45, 2.75) is 27.7 Å². The van der Waals surface area contributed by atoms with Gasteiger partial charge in [0.15, 0.2) is 0 Å². The van der Waals surface area contributed by atoms with Crippen LogP contribution in [0.4, 0.5) is 0 Å². The van der Waals surface area contributed by atoms with Gasteiger partial charge in [0.25, 0.3) is 0 Å². The van der Waals surface area contributed by atoms with Gasteiger partial charge < -0.3 is 9.47 Å². The minimum absolute atomic E-state index is 0.0586. The highest BCUT2D eigenvalue weighted by Crippen LogP contribution is 2.14. The maximum absolute atomic E-state index is 11.3. The molecule has 0 saturated heterocycles. The Kier molecular flexibility index (Phi) is 5.50.